The summed E-state index contributed by atoms with van der Waals surface area (Å²) in [5, 5.41) is 3.97. The number of nitrogens with zero attached hydrogens (tertiary/aromatic N) is 3. The lowest BCUT2D eigenvalue weighted by Crippen LogP contribution is -2.00. The van der Waals surface area contributed by atoms with Crippen molar-refractivity contribution >= 4 is 5.57 Å². The highest BCUT2D eigenvalue weighted by atomic mass is 19.1. The number of hydrogen-bond acceptors (Lipinski definition) is 2. The van der Waals surface area contributed by atoms with E-state index in [2.05, 4.69) is 16.7 Å². The molecule has 2 aromatic rings. The first-order chi connectivity index (χ1) is 7.25. The topological polar surface area (TPSA) is 30.7 Å². The molecule has 0 amide bonds. The molecule has 4 heteroatoms. The van der Waals surface area contributed by atoms with E-state index in [0.717, 1.165) is 11.1 Å². The molecule has 0 aliphatic heterocycles. The molecule has 0 unspecified atom stereocenters. The molecule has 0 N–H and O–H groups in total. The molecule has 0 bridgehead atoms. The summed E-state index contributed by atoms with van der Waals surface area (Å²) in [6.07, 6.45) is 3.09. The Morgan fingerprint density at radius 3 is 2.67 bits per heavy atom. The Hall–Kier alpha value is -1.97. The maximum Gasteiger partial charge on any atom is 0.137 e. The number of allylic oxidation sites excluding steroid dienone is 1. The van der Waals surface area contributed by atoms with E-state index in [1.54, 1.807) is 23.1 Å². The molecular weight excluding hydrogens is 193 g/mol. The summed E-state index contributed by atoms with van der Waals surface area (Å²) in [5.74, 6) is -0.243. The molecule has 0 saturated heterocycles. The fourth-order valence-electron chi connectivity index (χ4n) is 1.29. The van der Waals surface area contributed by atoms with Crippen molar-refractivity contribution in [3.05, 3.63) is 54.9 Å². The molecule has 0 aliphatic carbocycles. The van der Waals surface area contributed by atoms with Crippen molar-refractivity contribution in [2.75, 3.05) is 0 Å². The van der Waals surface area contributed by atoms with E-state index in [0.29, 0.717) is 6.54 Å². The molecule has 15 heavy (non-hydrogen) atoms. The maximum atomic E-state index is 12.7. The van der Waals surface area contributed by atoms with E-state index in [9.17, 15) is 4.39 Å². The molecule has 1 aromatic heterocycles. The van der Waals surface area contributed by atoms with Gasteiger partial charge in [-0.15, -0.1) is 0 Å². The van der Waals surface area contributed by atoms with Crippen LogP contribution < -0.4 is 0 Å². The van der Waals surface area contributed by atoms with Crippen molar-refractivity contribution in [1.29, 1.82) is 0 Å². The zero-order valence-corrected chi connectivity index (χ0v) is 8.10. The Morgan fingerprint density at radius 2 is 2.07 bits per heavy atom. The predicted molar refractivity (Wildman–Crippen MR) is 55.5 cm³/mol. The lowest BCUT2D eigenvalue weighted by Gasteiger charge is -2.05. The van der Waals surface area contributed by atoms with Gasteiger partial charge in [0, 0.05) is 0 Å². The summed E-state index contributed by atoms with van der Waals surface area (Å²) in [4.78, 5) is 3.83. The molecule has 0 spiro atoms. The fraction of sp³-hybridized carbons (Fsp3) is 0.0909. The minimum atomic E-state index is -0.243. The summed E-state index contributed by atoms with van der Waals surface area (Å²) < 4.78 is 14.3. The molecule has 76 valence electrons. The Balaban J connectivity index is 2.11. The molecule has 0 saturated carbocycles. The SMILES string of the molecule is C=C(Cn1cncn1)c1ccc(F)cc1. The van der Waals surface area contributed by atoms with Gasteiger partial charge in [0.2, 0.25) is 0 Å². The smallest absolute Gasteiger partial charge is 0.137 e. The van der Waals surface area contributed by atoms with Gasteiger partial charge in [-0.2, -0.15) is 5.10 Å². The molecule has 2 rings (SSSR count). The molecule has 0 aliphatic rings. The summed E-state index contributed by atoms with van der Waals surface area (Å²) in [6.45, 7) is 4.48. The Bertz CT molecular complexity index is 445. The van der Waals surface area contributed by atoms with Crippen LogP contribution >= 0.6 is 0 Å². The quantitative estimate of drug-likeness (QED) is 0.765. The van der Waals surface area contributed by atoms with Gasteiger partial charge in [0.25, 0.3) is 0 Å². The Morgan fingerprint density at radius 1 is 1.33 bits per heavy atom. The van der Waals surface area contributed by atoms with Gasteiger partial charge >= 0.3 is 0 Å². The minimum Gasteiger partial charge on any atom is -0.249 e. The number of halogens is 1. The zero-order chi connectivity index (χ0) is 10.7. The first-order valence-corrected chi connectivity index (χ1v) is 4.52. The van der Waals surface area contributed by atoms with Crippen LogP contribution in [0.3, 0.4) is 0 Å². The van der Waals surface area contributed by atoms with Crippen molar-refractivity contribution in [3.8, 4) is 0 Å². The van der Waals surface area contributed by atoms with Gasteiger partial charge < -0.3 is 0 Å². The number of benzene rings is 1. The van der Waals surface area contributed by atoms with E-state index in [-0.39, 0.29) is 5.82 Å². The van der Waals surface area contributed by atoms with E-state index >= 15 is 0 Å². The lowest BCUT2D eigenvalue weighted by atomic mass is 10.1. The maximum absolute atomic E-state index is 12.7. The average Bonchev–Trinajstić information content (AvgIpc) is 2.71. The highest BCUT2D eigenvalue weighted by Gasteiger charge is 2.00. The van der Waals surface area contributed by atoms with Crippen LogP contribution in [0.1, 0.15) is 5.56 Å². The average molecular weight is 203 g/mol. The lowest BCUT2D eigenvalue weighted by molar-refractivity contribution is 0.627. The van der Waals surface area contributed by atoms with Crippen LogP contribution in [0.15, 0.2) is 43.5 Å². The highest BCUT2D eigenvalue weighted by Crippen LogP contribution is 2.14. The van der Waals surface area contributed by atoms with Crippen molar-refractivity contribution in [2.24, 2.45) is 0 Å². The van der Waals surface area contributed by atoms with Gasteiger partial charge in [-0.25, -0.2) is 14.1 Å². The highest BCUT2D eigenvalue weighted by molar-refractivity contribution is 5.62. The summed E-state index contributed by atoms with van der Waals surface area (Å²) in [7, 11) is 0. The van der Waals surface area contributed by atoms with Crippen LogP contribution in [0, 0.1) is 5.82 Å². The second kappa shape index (κ2) is 4.04. The van der Waals surface area contributed by atoms with Crippen molar-refractivity contribution in [2.45, 2.75) is 6.54 Å². The van der Waals surface area contributed by atoms with E-state index in [4.69, 9.17) is 0 Å². The van der Waals surface area contributed by atoms with Crippen LogP contribution in [-0.4, -0.2) is 14.8 Å². The molecule has 0 radical (unpaired) electrons. The first kappa shape index (κ1) is 9.58. The third-order valence-electron chi connectivity index (χ3n) is 2.07. The monoisotopic (exact) mass is 203 g/mol. The summed E-state index contributed by atoms with van der Waals surface area (Å²) in [5.41, 5.74) is 1.78. The van der Waals surface area contributed by atoms with Gasteiger partial charge in [-0.05, 0) is 23.3 Å². The van der Waals surface area contributed by atoms with Crippen molar-refractivity contribution in [1.82, 2.24) is 14.8 Å². The molecular formula is C11H10FN3. The molecule has 3 nitrogen and oxygen atoms in total. The molecule has 0 atom stereocenters. The van der Waals surface area contributed by atoms with Gasteiger partial charge in [-0.1, -0.05) is 18.7 Å². The summed E-state index contributed by atoms with van der Waals surface area (Å²) >= 11 is 0. The van der Waals surface area contributed by atoms with Gasteiger partial charge in [0.05, 0.1) is 6.54 Å². The number of hydrogen-bond donors (Lipinski definition) is 0. The van der Waals surface area contributed by atoms with Gasteiger partial charge in [0.15, 0.2) is 0 Å². The van der Waals surface area contributed by atoms with Crippen molar-refractivity contribution in [3.63, 3.8) is 0 Å². The Labute approximate surface area is 86.9 Å². The third kappa shape index (κ3) is 2.28. The van der Waals surface area contributed by atoms with Crippen LogP contribution in [-0.2, 0) is 6.54 Å². The first-order valence-electron chi connectivity index (χ1n) is 4.52. The van der Waals surface area contributed by atoms with Crippen LogP contribution in [0.4, 0.5) is 4.39 Å². The number of rotatable bonds is 3. The van der Waals surface area contributed by atoms with Crippen LogP contribution in [0.5, 0.6) is 0 Å². The Kier molecular flexibility index (Phi) is 2.58. The fourth-order valence-corrected chi connectivity index (χ4v) is 1.29. The van der Waals surface area contributed by atoms with Crippen LogP contribution in [0.2, 0.25) is 0 Å². The van der Waals surface area contributed by atoms with Crippen LogP contribution in [0.25, 0.3) is 5.57 Å². The zero-order valence-electron chi connectivity index (χ0n) is 8.10. The second-order valence-electron chi connectivity index (χ2n) is 3.20. The molecule has 1 aromatic carbocycles. The van der Waals surface area contributed by atoms with E-state index in [1.807, 2.05) is 0 Å². The number of aromatic nitrogens is 3. The van der Waals surface area contributed by atoms with Gasteiger partial charge in [0.1, 0.15) is 18.5 Å². The van der Waals surface area contributed by atoms with E-state index < -0.39 is 0 Å². The predicted octanol–water partition coefficient (Wildman–Crippen LogP) is 2.13. The second-order valence-corrected chi connectivity index (χ2v) is 3.20. The van der Waals surface area contributed by atoms with Crippen molar-refractivity contribution < 1.29 is 4.39 Å². The van der Waals surface area contributed by atoms with E-state index in [1.165, 1.54) is 18.5 Å². The minimum absolute atomic E-state index is 0.243. The molecule has 0 fully saturated rings. The summed E-state index contributed by atoms with van der Waals surface area (Å²) in [6, 6.07) is 6.24. The third-order valence-corrected chi connectivity index (χ3v) is 2.07. The standard InChI is InChI=1S/C11H10FN3/c1-9(6-15-8-13-7-14-15)10-2-4-11(12)5-3-10/h2-5,7-8H,1,6H2. The molecule has 1 heterocycles. The largest absolute Gasteiger partial charge is 0.249 e. The normalized spacial score (nSPS) is 10.2. The van der Waals surface area contributed by atoms with Gasteiger partial charge in [-0.3, -0.25) is 0 Å².